The van der Waals surface area contributed by atoms with Crippen LogP contribution in [0.5, 0.6) is 0 Å². The zero-order chi connectivity index (χ0) is 7.66. The molecular formula is C9H20Te. The fourth-order valence-corrected chi connectivity index (χ4v) is 2.43. The second-order valence-corrected chi connectivity index (χ2v) is 5.57. The van der Waals surface area contributed by atoms with E-state index in [1.165, 1.54) is 38.5 Å². The molecule has 0 aromatic carbocycles. The summed E-state index contributed by atoms with van der Waals surface area (Å²) in [5, 5.41) is 0. The predicted molar refractivity (Wildman–Crippen MR) is 49.8 cm³/mol. The summed E-state index contributed by atoms with van der Waals surface area (Å²) < 4.78 is 1.57. The summed E-state index contributed by atoms with van der Waals surface area (Å²) in [6, 6.07) is 0. The van der Waals surface area contributed by atoms with E-state index in [-0.39, 0.29) is 0 Å². The molecule has 0 nitrogen and oxygen atoms in total. The van der Waals surface area contributed by atoms with Crippen molar-refractivity contribution in [2.24, 2.45) is 0 Å². The van der Waals surface area contributed by atoms with Crippen molar-refractivity contribution < 1.29 is 0 Å². The molecule has 10 heavy (non-hydrogen) atoms. The number of unbranched alkanes of at least 4 members (excludes halogenated alkanes) is 5. The minimum absolute atomic E-state index is 0.438. The monoisotopic (exact) mass is 258 g/mol. The van der Waals surface area contributed by atoms with Gasteiger partial charge in [-0.1, -0.05) is 0 Å². The molecular weight excluding hydrogens is 236 g/mol. The second-order valence-electron chi connectivity index (χ2n) is 2.76. The Kier molecular flexibility index (Phi) is 10.6. The summed E-state index contributed by atoms with van der Waals surface area (Å²) in [4.78, 5) is 2.40. The van der Waals surface area contributed by atoms with Gasteiger partial charge in [0.1, 0.15) is 0 Å². The zero-order valence-corrected chi connectivity index (χ0v) is 9.69. The molecule has 0 saturated heterocycles. The maximum atomic E-state index is 2.40. The SMILES string of the molecule is CCCCCCCC[Te]C. The molecule has 0 atom stereocenters. The second kappa shape index (κ2) is 9.79. The van der Waals surface area contributed by atoms with Gasteiger partial charge in [-0.2, -0.15) is 0 Å². The van der Waals surface area contributed by atoms with Crippen LogP contribution in [0.3, 0.4) is 0 Å². The first-order valence-electron chi connectivity index (χ1n) is 4.40. The van der Waals surface area contributed by atoms with Gasteiger partial charge < -0.3 is 0 Å². The summed E-state index contributed by atoms with van der Waals surface area (Å²) in [5.74, 6) is 0. The summed E-state index contributed by atoms with van der Waals surface area (Å²) in [7, 11) is 0. The fourth-order valence-electron chi connectivity index (χ4n) is 1.03. The molecule has 0 aromatic rings. The van der Waals surface area contributed by atoms with E-state index in [0.717, 1.165) is 0 Å². The van der Waals surface area contributed by atoms with Gasteiger partial charge in [-0.3, -0.25) is 0 Å². The Hall–Kier alpha value is 0.790. The summed E-state index contributed by atoms with van der Waals surface area (Å²) in [6.45, 7) is 2.28. The van der Waals surface area contributed by atoms with Crippen LogP contribution in [0.1, 0.15) is 45.4 Å². The molecule has 0 aliphatic carbocycles. The first-order valence-corrected chi connectivity index (χ1v) is 8.38. The third kappa shape index (κ3) is 8.79. The van der Waals surface area contributed by atoms with Crippen LogP contribution in [0.25, 0.3) is 0 Å². The molecule has 0 aliphatic heterocycles. The van der Waals surface area contributed by atoms with E-state index in [9.17, 15) is 0 Å². The van der Waals surface area contributed by atoms with Crippen molar-refractivity contribution in [2.45, 2.75) is 54.9 Å². The summed E-state index contributed by atoms with van der Waals surface area (Å²) in [6.07, 6.45) is 8.80. The molecule has 0 bridgehead atoms. The van der Waals surface area contributed by atoms with Gasteiger partial charge in [-0.25, -0.2) is 0 Å². The standard InChI is InChI=1S/C9H20Te/c1-3-4-5-6-7-8-9-10-2/h3-9H2,1-2H3. The first-order chi connectivity index (χ1) is 4.91. The van der Waals surface area contributed by atoms with Gasteiger partial charge in [0.2, 0.25) is 0 Å². The molecule has 62 valence electrons. The molecule has 0 spiro atoms. The summed E-state index contributed by atoms with van der Waals surface area (Å²) >= 11 is 0.438. The van der Waals surface area contributed by atoms with Crippen molar-refractivity contribution in [3.05, 3.63) is 0 Å². The van der Waals surface area contributed by atoms with Gasteiger partial charge in [0.15, 0.2) is 0 Å². The van der Waals surface area contributed by atoms with Crippen LogP contribution in [0.4, 0.5) is 0 Å². The van der Waals surface area contributed by atoms with Crippen LogP contribution in [0.15, 0.2) is 0 Å². The molecule has 0 radical (unpaired) electrons. The number of hydrogen-bond donors (Lipinski definition) is 0. The van der Waals surface area contributed by atoms with Crippen molar-refractivity contribution in [3.63, 3.8) is 0 Å². The van der Waals surface area contributed by atoms with Crippen molar-refractivity contribution in [1.29, 1.82) is 0 Å². The third-order valence-corrected chi connectivity index (χ3v) is 3.69. The van der Waals surface area contributed by atoms with Gasteiger partial charge in [0, 0.05) is 0 Å². The van der Waals surface area contributed by atoms with E-state index < -0.39 is 0 Å². The normalized spacial score (nSPS) is 10.2. The van der Waals surface area contributed by atoms with Crippen LogP contribution in [-0.2, 0) is 0 Å². The van der Waals surface area contributed by atoms with Crippen molar-refractivity contribution in [1.82, 2.24) is 0 Å². The third-order valence-electron chi connectivity index (χ3n) is 1.70. The molecule has 0 aromatic heterocycles. The van der Waals surface area contributed by atoms with Crippen molar-refractivity contribution >= 4 is 20.9 Å². The molecule has 1 heteroatoms. The summed E-state index contributed by atoms with van der Waals surface area (Å²) in [5.41, 5.74) is 0. The van der Waals surface area contributed by atoms with E-state index in [4.69, 9.17) is 0 Å². The van der Waals surface area contributed by atoms with E-state index in [1.807, 2.05) is 0 Å². The van der Waals surface area contributed by atoms with Crippen molar-refractivity contribution in [3.8, 4) is 0 Å². The van der Waals surface area contributed by atoms with Gasteiger partial charge in [0.05, 0.1) is 0 Å². The minimum atomic E-state index is 0.438. The molecule has 0 unspecified atom stereocenters. The molecule has 0 N–H and O–H groups in total. The van der Waals surface area contributed by atoms with Crippen LogP contribution in [-0.4, -0.2) is 20.9 Å². The number of hydrogen-bond acceptors (Lipinski definition) is 0. The molecule has 0 aliphatic rings. The molecule has 0 saturated carbocycles. The van der Waals surface area contributed by atoms with Crippen LogP contribution < -0.4 is 0 Å². The van der Waals surface area contributed by atoms with E-state index in [0.29, 0.717) is 20.9 Å². The first kappa shape index (κ1) is 10.8. The van der Waals surface area contributed by atoms with E-state index >= 15 is 0 Å². The van der Waals surface area contributed by atoms with Crippen LogP contribution in [0, 0.1) is 0 Å². The van der Waals surface area contributed by atoms with Gasteiger partial charge in [-0.15, -0.1) is 0 Å². The van der Waals surface area contributed by atoms with Crippen LogP contribution in [0.2, 0.25) is 9.44 Å². The van der Waals surface area contributed by atoms with Crippen LogP contribution >= 0.6 is 0 Å². The molecule has 0 fully saturated rings. The Morgan fingerprint density at radius 2 is 1.50 bits per heavy atom. The average Bonchev–Trinajstić information content (AvgIpc) is 1.97. The Balaban J connectivity index is 2.65. The van der Waals surface area contributed by atoms with Gasteiger partial charge in [0.25, 0.3) is 0 Å². The Morgan fingerprint density at radius 3 is 2.10 bits per heavy atom. The molecule has 0 heterocycles. The maximum absolute atomic E-state index is 2.40. The Labute approximate surface area is 75.9 Å². The van der Waals surface area contributed by atoms with Gasteiger partial charge >= 0.3 is 75.8 Å². The van der Waals surface area contributed by atoms with Crippen molar-refractivity contribution in [2.75, 3.05) is 0 Å². The quantitative estimate of drug-likeness (QED) is 0.482. The van der Waals surface area contributed by atoms with E-state index in [1.54, 1.807) is 4.47 Å². The molecule has 0 amide bonds. The van der Waals surface area contributed by atoms with E-state index in [2.05, 4.69) is 11.9 Å². The Bertz CT molecular complexity index is 44.7. The number of rotatable bonds is 7. The Morgan fingerprint density at radius 1 is 0.900 bits per heavy atom. The predicted octanol–water partition coefficient (Wildman–Crippen LogP) is 3.52. The zero-order valence-electron chi connectivity index (χ0n) is 7.36. The topological polar surface area (TPSA) is 0 Å². The molecule has 0 rings (SSSR count). The fraction of sp³-hybridized carbons (Fsp3) is 1.00. The van der Waals surface area contributed by atoms with Gasteiger partial charge in [-0.05, 0) is 0 Å². The average molecular weight is 256 g/mol.